The van der Waals surface area contributed by atoms with Crippen LogP contribution in [0.1, 0.15) is 58.8 Å². The van der Waals surface area contributed by atoms with Crippen LogP contribution < -0.4 is 11.1 Å². The molecule has 0 heterocycles. The van der Waals surface area contributed by atoms with E-state index in [1.165, 1.54) is 32.1 Å². The van der Waals surface area contributed by atoms with Crippen LogP contribution in [-0.2, 0) is 0 Å². The van der Waals surface area contributed by atoms with Gasteiger partial charge < -0.3 is 11.1 Å². The van der Waals surface area contributed by atoms with Gasteiger partial charge in [0.1, 0.15) is 0 Å². The molecule has 3 atom stereocenters. The Balaban J connectivity index is 2.10. The minimum atomic E-state index is 0.391. The van der Waals surface area contributed by atoms with Gasteiger partial charge in [-0.25, -0.2) is 0 Å². The highest BCUT2D eigenvalue weighted by molar-refractivity contribution is 4.74. The second-order valence-electron chi connectivity index (χ2n) is 5.22. The second kappa shape index (κ2) is 7.24. The van der Waals surface area contributed by atoms with Crippen molar-refractivity contribution in [2.45, 2.75) is 70.9 Å². The Labute approximate surface area is 95.0 Å². The van der Waals surface area contributed by atoms with E-state index in [4.69, 9.17) is 5.73 Å². The average Bonchev–Trinajstić information content (AvgIpc) is 2.43. The Bertz CT molecular complexity index is 159. The Morgan fingerprint density at radius 1 is 1.27 bits per heavy atom. The summed E-state index contributed by atoms with van der Waals surface area (Å²) in [5.41, 5.74) is 5.90. The molecule has 0 aliphatic heterocycles. The molecule has 1 fully saturated rings. The molecule has 3 unspecified atom stereocenters. The van der Waals surface area contributed by atoms with Crippen molar-refractivity contribution in [1.29, 1.82) is 0 Å². The molecule has 1 saturated carbocycles. The lowest BCUT2D eigenvalue weighted by Gasteiger charge is -2.17. The van der Waals surface area contributed by atoms with Crippen LogP contribution >= 0.6 is 0 Å². The molecule has 0 saturated heterocycles. The van der Waals surface area contributed by atoms with E-state index in [1.807, 2.05) is 0 Å². The van der Waals surface area contributed by atoms with Gasteiger partial charge in [0, 0.05) is 12.1 Å². The average molecular weight is 212 g/mol. The number of nitrogens with two attached hydrogens (primary N) is 1. The van der Waals surface area contributed by atoms with Gasteiger partial charge in [0.15, 0.2) is 0 Å². The minimum absolute atomic E-state index is 0.391. The summed E-state index contributed by atoms with van der Waals surface area (Å²) in [5, 5.41) is 3.67. The lowest BCUT2D eigenvalue weighted by molar-refractivity contribution is 0.431. The van der Waals surface area contributed by atoms with Crippen molar-refractivity contribution in [3.8, 4) is 0 Å². The highest BCUT2D eigenvalue weighted by Gasteiger charge is 2.15. The molecule has 1 aliphatic carbocycles. The molecular formula is C13H28N2. The number of nitrogens with one attached hydrogen (secondary N) is 1. The monoisotopic (exact) mass is 212 g/mol. The molecule has 0 aromatic carbocycles. The van der Waals surface area contributed by atoms with Crippen LogP contribution in [0, 0.1) is 5.92 Å². The summed E-state index contributed by atoms with van der Waals surface area (Å²) in [6, 6.07) is 1.15. The molecule has 3 N–H and O–H groups in total. The fourth-order valence-electron chi connectivity index (χ4n) is 2.37. The Hall–Kier alpha value is -0.0800. The van der Waals surface area contributed by atoms with Gasteiger partial charge in [0.05, 0.1) is 0 Å². The van der Waals surface area contributed by atoms with E-state index in [0.717, 1.165) is 31.3 Å². The maximum atomic E-state index is 5.90. The maximum Gasteiger partial charge on any atom is 0.00671 e. The zero-order chi connectivity index (χ0) is 11.1. The number of rotatable bonds is 5. The van der Waals surface area contributed by atoms with Gasteiger partial charge in [-0.15, -0.1) is 0 Å². The molecule has 0 aromatic heterocycles. The minimum Gasteiger partial charge on any atom is -0.328 e. The van der Waals surface area contributed by atoms with E-state index in [2.05, 4.69) is 19.2 Å². The fraction of sp³-hybridized carbons (Fsp3) is 1.00. The third kappa shape index (κ3) is 5.53. The third-order valence-electron chi connectivity index (χ3n) is 3.73. The molecule has 90 valence electrons. The zero-order valence-electron chi connectivity index (χ0n) is 10.5. The number of hydrogen-bond donors (Lipinski definition) is 2. The first kappa shape index (κ1) is 13.0. The summed E-state index contributed by atoms with van der Waals surface area (Å²) in [6.07, 6.45) is 9.18. The normalized spacial score (nSPS) is 29.8. The predicted octanol–water partition coefficient (Wildman–Crippen LogP) is 2.67. The SMILES string of the molecule is CCC(N)CCNC1CCCC(C)CC1. The standard InChI is InChI=1S/C13H28N2/c1-3-12(14)9-10-15-13-6-4-5-11(2)7-8-13/h11-13,15H,3-10,14H2,1-2H3. The molecule has 0 bridgehead atoms. The van der Waals surface area contributed by atoms with Gasteiger partial charge in [-0.3, -0.25) is 0 Å². The predicted molar refractivity (Wildman–Crippen MR) is 66.9 cm³/mol. The van der Waals surface area contributed by atoms with Gasteiger partial charge >= 0.3 is 0 Å². The van der Waals surface area contributed by atoms with Crippen molar-refractivity contribution in [3.63, 3.8) is 0 Å². The highest BCUT2D eigenvalue weighted by Crippen LogP contribution is 2.22. The largest absolute Gasteiger partial charge is 0.328 e. The van der Waals surface area contributed by atoms with Crippen molar-refractivity contribution in [2.24, 2.45) is 11.7 Å². The molecule has 0 aromatic rings. The van der Waals surface area contributed by atoms with Crippen LogP contribution in [0.25, 0.3) is 0 Å². The quantitative estimate of drug-likeness (QED) is 0.688. The van der Waals surface area contributed by atoms with Gasteiger partial charge in [-0.2, -0.15) is 0 Å². The van der Waals surface area contributed by atoms with Crippen molar-refractivity contribution >= 4 is 0 Å². The first-order valence-corrected chi connectivity index (χ1v) is 6.71. The molecule has 0 amide bonds. The van der Waals surface area contributed by atoms with Gasteiger partial charge in [-0.1, -0.05) is 26.7 Å². The van der Waals surface area contributed by atoms with Crippen LogP contribution in [0.4, 0.5) is 0 Å². The van der Waals surface area contributed by atoms with E-state index in [1.54, 1.807) is 0 Å². The highest BCUT2D eigenvalue weighted by atomic mass is 14.9. The molecule has 2 heteroatoms. The molecule has 0 radical (unpaired) electrons. The smallest absolute Gasteiger partial charge is 0.00671 e. The Kier molecular flexibility index (Phi) is 6.26. The van der Waals surface area contributed by atoms with Crippen molar-refractivity contribution in [1.82, 2.24) is 5.32 Å². The third-order valence-corrected chi connectivity index (χ3v) is 3.73. The van der Waals surface area contributed by atoms with Crippen LogP contribution in [0.2, 0.25) is 0 Å². The topological polar surface area (TPSA) is 38.0 Å². The Morgan fingerprint density at radius 2 is 2.07 bits per heavy atom. The molecule has 2 nitrogen and oxygen atoms in total. The van der Waals surface area contributed by atoms with Gasteiger partial charge in [0.25, 0.3) is 0 Å². The lowest BCUT2D eigenvalue weighted by atomic mass is 10.0. The Morgan fingerprint density at radius 3 is 2.80 bits per heavy atom. The molecule has 0 spiro atoms. The molecule has 15 heavy (non-hydrogen) atoms. The maximum absolute atomic E-state index is 5.90. The zero-order valence-corrected chi connectivity index (χ0v) is 10.5. The van der Waals surface area contributed by atoms with Crippen LogP contribution in [0.5, 0.6) is 0 Å². The van der Waals surface area contributed by atoms with E-state index >= 15 is 0 Å². The number of hydrogen-bond acceptors (Lipinski definition) is 2. The van der Waals surface area contributed by atoms with Crippen LogP contribution in [0.3, 0.4) is 0 Å². The van der Waals surface area contributed by atoms with Gasteiger partial charge in [0.2, 0.25) is 0 Å². The summed E-state index contributed by atoms with van der Waals surface area (Å²) in [4.78, 5) is 0. The van der Waals surface area contributed by atoms with E-state index in [9.17, 15) is 0 Å². The molecular weight excluding hydrogens is 184 g/mol. The van der Waals surface area contributed by atoms with E-state index in [-0.39, 0.29) is 0 Å². The van der Waals surface area contributed by atoms with Crippen molar-refractivity contribution in [2.75, 3.05) is 6.54 Å². The second-order valence-corrected chi connectivity index (χ2v) is 5.22. The van der Waals surface area contributed by atoms with Crippen molar-refractivity contribution < 1.29 is 0 Å². The summed E-state index contributed by atoms with van der Waals surface area (Å²) in [5.74, 6) is 0.940. The summed E-state index contributed by atoms with van der Waals surface area (Å²) in [7, 11) is 0. The van der Waals surface area contributed by atoms with E-state index < -0.39 is 0 Å². The fourth-order valence-corrected chi connectivity index (χ4v) is 2.37. The summed E-state index contributed by atoms with van der Waals surface area (Å²) in [6.45, 7) is 5.65. The summed E-state index contributed by atoms with van der Waals surface area (Å²) < 4.78 is 0. The first-order chi connectivity index (χ1) is 7.22. The lowest BCUT2D eigenvalue weighted by Crippen LogP contribution is -2.33. The van der Waals surface area contributed by atoms with Crippen molar-refractivity contribution in [3.05, 3.63) is 0 Å². The van der Waals surface area contributed by atoms with Crippen LogP contribution in [-0.4, -0.2) is 18.6 Å². The van der Waals surface area contributed by atoms with Gasteiger partial charge in [-0.05, 0) is 44.6 Å². The molecule has 1 aliphatic rings. The first-order valence-electron chi connectivity index (χ1n) is 6.71. The van der Waals surface area contributed by atoms with Crippen LogP contribution in [0.15, 0.2) is 0 Å². The summed E-state index contributed by atoms with van der Waals surface area (Å²) >= 11 is 0. The molecule has 1 rings (SSSR count). The van der Waals surface area contributed by atoms with E-state index in [0.29, 0.717) is 6.04 Å².